The molecule has 2 fully saturated rings. The standard InChI is InChI=1S/C11H13Cl2N3/c12-9-4-14-11(13)15-10(9)16-5-7-2-1-3-8(7)6-16/h4,7-8H,1-3,5-6H2. The average molecular weight is 258 g/mol. The van der Waals surface area contributed by atoms with Crippen LogP contribution in [0.4, 0.5) is 5.82 Å². The van der Waals surface area contributed by atoms with Gasteiger partial charge in [0.1, 0.15) is 5.02 Å². The Labute approximate surface area is 105 Å². The van der Waals surface area contributed by atoms with Gasteiger partial charge in [0.05, 0.1) is 6.20 Å². The first-order valence-corrected chi connectivity index (χ1v) is 6.42. The van der Waals surface area contributed by atoms with Crippen LogP contribution in [0, 0.1) is 11.8 Å². The van der Waals surface area contributed by atoms with Crippen LogP contribution in [0.15, 0.2) is 6.20 Å². The number of hydrogen-bond donors (Lipinski definition) is 0. The Hall–Kier alpha value is -0.540. The van der Waals surface area contributed by atoms with Crippen molar-refractivity contribution < 1.29 is 0 Å². The number of nitrogens with zero attached hydrogens (tertiary/aromatic N) is 3. The van der Waals surface area contributed by atoms with Crippen LogP contribution >= 0.6 is 23.2 Å². The highest BCUT2D eigenvalue weighted by atomic mass is 35.5. The minimum absolute atomic E-state index is 0.274. The molecule has 3 rings (SSSR count). The van der Waals surface area contributed by atoms with Crippen molar-refractivity contribution in [3.63, 3.8) is 0 Å². The van der Waals surface area contributed by atoms with Crippen LogP contribution in [0.1, 0.15) is 19.3 Å². The van der Waals surface area contributed by atoms with Crippen molar-refractivity contribution in [1.82, 2.24) is 9.97 Å². The maximum absolute atomic E-state index is 6.11. The van der Waals surface area contributed by atoms with E-state index in [9.17, 15) is 0 Å². The van der Waals surface area contributed by atoms with E-state index >= 15 is 0 Å². The van der Waals surface area contributed by atoms with E-state index in [1.165, 1.54) is 19.3 Å². The highest BCUT2D eigenvalue weighted by molar-refractivity contribution is 6.33. The Morgan fingerprint density at radius 2 is 1.88 bits per heavy atom. The van der Waals surface area contributed by atoms with E-state index in [0.717, 1.165) is 30.7 Å². The molecule has 0 amide bonds. The second-order valence-electron chi connectivity index (χ2n) is 4.67. The maximum atomic E-state index is 6.11. The third kappa shape index (κ3) is 1.76. The van der Waals surface area contributed by atoms with Gasteiger partial charge in [-0.1, -0.05) is 18.0 Å². The second-order valence-corrected chi connectivity index (χ2v) is 5.41. The van der Waals surface area contributed by atoms with Crippen molar-refractivity contribution >= 4 is 29.0 Å². The number of halogens is 2. The van der Waals surface area contributed by atoms with Crippen LogP contribution in [0.2, 0.25) is 10.3 Å². The first kappa shape index (κ1) is 10.6. The Kier molecular flexibility index (Phi) is 2.68. The Morgan fingerprint density at radius 1 is 1.19 bits per heavy atom. The molecule has 2 unspecified atom stereocenters. The van der Waals surface area contributed by atoms with E-state index in [1.54, 1.807) is 6.20 Å². The summed E-state index contributed by atoms with van der Waals surface area (Å²) in [4.78, 5) is 10.4. The van der Waals surface area contributed by atoms with Crippen LogP contribution in [0.5, 0.6) is 0 Å². The van der Waals surface area contributed by atoms with Gasteiger partial charge >= 0.3 is 0 Å². The molecule has 1 aliphatic carbocycles. The van der Waals surface area contributed by atoms with Gasteiger partial charge in [0.25, 0.3) is 0 Å². The summed E-state index contributed by atoms with van der Waals surface area (Å²) in [7, 11) is 0. The number of hydrogen-bond acceptors (Lipinski definition) is 3. The number of rotatable bonds is 1. The van der Waals surface area contributed by atoms with Crippen molar-refractivity contribution in [2.24, 2.45) is 11.8 Å². The molecule has 5 heteroatoms. The van der Waals surface area contributed by atoms with Gasteiger partial charge in [-0.2, -0.15) is 4.98 Å². The molecular formula is C11H13Cl2N3. The third-order valence-electron chi connectivity index (χ3n) is 3.72. The first-order valence-electron chi connectivity index (χ1n) is 5.67. The summed E-state index contributed by atoms with van der Waals surface area (Å²) in [6.07, 6.45) is 5.65. The average Bonchev–Trinajstić information content (AvgIpc) is 2.81. The number of fused-ring (bicyclic) bond motifs is 1. The molecule has 86 valence electrons. The van der Waals surface area contributed by atoms with Crippen molar-refractivity contribution in [3.05, 3.63) is 16.5 Å². The van der Waals surface area contributed by atoms with Crippen LogP contribution in [-0.2, 0) is 0 Å². The predicted molar refractivity (Wildman–Crippen MR) is 65.1 cm³/mol. The highest BCUT2D eigenvalue weighted by Crippen LogP contribution is 2.40. The highest BCUT2D eigenvalue weighted by Gasteiger charge is 2.37. The predicted octanol–water partition coefficient (Wildman–Crippen LogP) is 3.02. The molecule has 0 radical (unpaired) electrons. The SMILES string of the molecule is Clc1ncc(Cl)c(N2CC3CCCC3C2)n1. The lowest BCUT2D eigenvalue weighted by Gasteiger charge is -2.19. The Morgan fingerprint density at radius 3 is 2.56 bits per heavy atom. The van der Waals surface area contributed by atoms with Crippen molar-refractivity contribution in [2.45, 2.75) is 19.3 Å². The number of aromatic nitrogens is 2. The van der Waals surface area contributed by atoms with Gasteiger partial charge in [-0.3, -0.25) is 0 Å². The lowest BCUT2D eigenvalue weighted by molar-refractivity contribution is 0.494. The quantitative estimate of drug-likeness (QED) is 0.725. The number of anilines is 1. The van der Waals surface area contributed by atoms with Gasteiger partial charge < -0.3 is 4.90 Å². The summed E-state index contributed by atoms with van der Waals surface area (Å²) in [5.74, 6) is 2.45. The molecule has 2 heterocycles. The van der Waals surface area contributed by atoms with Gasteiger partial charge in [0, 0.05) is 13.1 Å². The van der Waals surface area contributed by atoms with Gasteiger partial charge in [-0.05, 0) is 36.3 Å². The molecule has 1 aromatic rings. The molecule has 0 spiro atoms. The minimum Gasteiger partial charge on any atom is -0.355 e. The maximum Gasteiger partial charge on any atom is 0.224 e. The van der Waals surface area contributed by atoms with E-state index in [0.29, 0.717) is 5.02 Å². The summed E-state index contributed by atoms with van der Waals surface area (Å²) < 4.78 is 0. The van der Waals surface area contributed by atoms with E-state index in [4.69, 9.17) is 23.2 Å². The summed E-state index contributed by atoms with van der Waals surface area (Å²) in [6.45, 7) is 2.13. The lowest BCUT2D eigenvalue weighted by atomic mass is 10.0. The largest absolute Gasteiger partial charge is 0.355 e. The molecule has 0 aromatic carbocycles. The van der Waals surface area contributed by atoms with E-state index in [2.05, 4.69) is 14.9 Å². The molecule has 1 saturated heterocycles. The monoisotopic (exact) mass is 257 g/mol. The molecule has 1 saturated carbocycles. The molecular weight excluding hydrogens is 245 g/mol. The van der Waals surface area contributed by atoms with Gasteiger partial charge in [0.2, 0.25) is 5.28 Å². The molecule has 2 aliphatic rings. The zero-order valence-electron chi connectivity index (χ0n) is 8.87. The summed E-state index contributed by atoms with van der Waals surface area (Å²) in [6, 6.07) is 0. The van der Waals surface area contributed by atoms with Crippen LogP contribution < -0.4 is 4.90 Å². The lowest BCUT2D eigenvalue weighted by Crippen LogP contribution is -2.22. The van der Waals surface area contributed by atoms with Crippen LogP contribution in [-0.4, -0.2) is 23.1 Å². The van der Waals surface area contributed by atoms with Gasteiger partial charge in [-0.25, -0.2) is 4.98 Å². The molecule has 0 N–H and O–H groups in total. The summed E-state index contributed by atoms with van der Waals surface area (Å²) in [5, 5.41) is 0.876. The smallest absolute Gasteiger partial charge is 0.224 e. The van der Waals surface area contributed by atoms with E-state index < -0.39 is 0 Å². The topological polar surface area (TPSA) is 29.0 Å². The normalized spacial score (nSPS) is 28.5. The van der Waals surface area contributed by atoms with Crippen LogP contribution in [0.25, 0.3) is 0 Å². The van der Waals surface area contributed by atoms with Gasteiger partial charge in [-0.15, -0.1) is 0 Å². The van der Waals surface area contributed by atoms with E-state index in [1.807, 2.05) is 0 Å². The summed E-state index contributed by atoms with van der Waals surface area (Å²) >= 11 is 11.9. The Balaban J connectivity index is 1.85. The third-order valence-corrected chi connectivity index (χ3v) is 4.17. The summed E-state index contributed by atoms with van der Waals surface area (Å²) in [5.41, 5.74) is 0. The molecule has 3 nitrogen and oxygen atoms in total. The molecule has 2 atom stereocenters. The zero-order valence-corrected chi connectivity index (χ0v) is 10.4. The second kappa shape index (κ2) is 4.04. The van der Waals surface area contributed by atoms with Crippen LogP contribution in [0.3, 0.4) is 0 Å². The first-order chi connectivity index (χ1) is 7.74. The minimum atomic E-state index is 0.274. The van der Waals surface area contributed by atoms with Crippen molar-refractivity contribution in [1.29, 1.82) is 0 Å². The molecule has 0 bridgehead atoms. The van der Waals surface area contributed by atoms with Crippen molar-refractivity contribution in [2.75, 3.05) is 18.0 Å². The fourth-order valence-electron chi connectivity index (χ4n) is 2.97. The van der Waals surface area contributed by atoms with Crippen molar-refractivity contribution in [3.8, 4) is 0 Å². The molecule has 1 aliphatic heterocycles. The molecule has 1 aromatic heterocycles. The zero-order chi connectivity index (χ0) is 11.1. The Bertz CT molecular complexity index is 398. The van der Waals surface area contributed by atoms with E-state index in [-0.39, 0.29) is 5.28 Å². The fourth-order valence-corrected chi connectivity index (χ4v) is 3.31. The van der Waals surface area contributed by atoms with Gasteiger partial charge in [0.15, 0.2) is 5.82 Å². The fraction of sp³-hybridized carbons (Fsp3) is 0.636. The molecule has 16 heavy (non-hydrogen) atoms.